The van der Waals surface area contributed by atoms with E-state index in [1.54, 1.807) is 0 Å². The first kappa shape index (κ1) is 11.4. The number of phenolic OH excluding ortho intramolecular Hbond substituents is 1. The fraction of sp³-hybridized carbons (Fsp3) is 0. The van der Waals surface area contributed by atoms with E-state index in [1.807, 2.05) is 4.72 Å². The number of hydrogen-bond donors (Lipinski definition) is 3. The number of oxazole rings is 1. The predicted octanol–water partition coefficient (Wildman–Crippen LogP) is 1.26. The van der Waals surface area contributed by atoms with Gasteiger partial charge in [-0.1, -0.05) is 0 Å². The summed E-state index contributed by atoms with van der Waals surface area (Å²) in [6.07, 6.45) is 2.67. The number of hydrogen-bond acceptors (Lipinski definition) is 5. The maximum atomic E-state index is 10.7. The third kappa shape index (κ3) is 2.74. The van der Waals surface area contributed by atoms with Gasteiger partial charge < -0.3 is 9.52 Å². The first-order chi connectivity index (χ1) is 7.96. The van der Waals surface area contributed by atoms with E-state index in [0.29, 0.717) is 0 Å². The molecule has 0 saturated heterocycles. The molecule has 0 atom stereocenters. The molecule has 1 aromatic heterocycles. The van der Waals surface area contributed by atoms with Gasteiger partial charge in [-0.2, -0.15) is 8.42 Å². The molecule has 0 radical (unpaired) electrons. The van der Waals surface area contributed by atoms with Crippen LogP contribution in [0.25, 0.3) is 11.5 Å². The summed E-state index contributed by atoms with van der Waals surface area (Å²) >= 11 is 0. The van der Waals surface area contributed by atoms with E-state index in [1.165, 1.54) is 30.7 Å². The average Bonchev–Trinajstić information content (AvgIpc) is 2.71. The van der Waals surface area contributed by atoms with Crippen LogP contribution in [0.1, 0.15) is 0 Å². The van der Waals surface area contributed by atoms with Crippen molar-refractivity contribution in [2.24, 2.45) is 0 Å². The molecule has 2 rings (SSSR count). The zero-order valence-corrected chi connectivity index (χ0v) is 9.18. The van der Waals surface area contributed by atoms with Gasteiger partial charge in [0.2, 0.25) is 5.89 Å². The van der Waals surface area contributed by atoms with Crippen LogP contribution in [0.5, 0.6) is 5.75 Å². The largest absolute Gasteiger partial charge is 0.508 e. The van der Waals surface area contributed by atoms with Crippen molar-refractivity contribution in [1.82, 2.24) is 4.98 Å². The number of aromatic hydroxyl groups is 1. The van der Waals surface area contributed by atoms with Crippen molar-refractivity contribution in [3.05, 3.63) is 30.7 Å². The van der Waals surface area contributed by atoms with E-state index in [0.717, 1.165) is 0 Å². The second-order valence-electron chi connectivity index (χ2n) is 3.14. The molecule has 0 spiro atoms. The molecule has 8 heteroatoms. The zero-order valence-electron chi connectivity index (χ0n) is 8.36. The molecule has 0 amide bonds. The number of phenols is 1. The SMILES string of the molecule is O=S(=O)(O)Nc1ccc(O)cc1-c1ncco1. The number of rotatable bonds is 3. The van der Waals surface area contributed by atoms with Crippen molar-refractivity contribution in [3.63, 3.8) is 0 Å². The molecule has 0 aliphatic carbocycles. The van der Waals surface area contributed by atoms with E-state index in [-0.39, 0.29) is 22.9 Å². The van der Waals surface area contributed by atoms with Crippen LogP contribution in [-0.2, 0) is 10.3 Å². The van der Waals surface area contributed by atoms with Gasteiger partial charge in [0.25, 0.3) is 0 Å². The van der Waals surface area contributed by atoms with Crippen LogP contribution in [0.3, 0.4) is 0 Å². The van der Waals surface area contributed by atoms with Crippen molar-refractivity contribution >= 4 is 16.0 Å². The summed E-state index contributed by atoms with van der Waals surface area (Å²) in [6.45, 7) is 0. The first-order valence-electron chi connectivity index (χ1n) is 4.44. The summed E-state index contributed by atoms with van der Waals surface area (Å²) in [4.78, 5) is 3.82. The fourth-order valence-corrected chi connectivity index (χ4v) is 1.75. The standard InChI is InChI=1S/C9H8N2O5S/c12-6-1-2-8(11-17(13,14)15)7(5-6)9-10-3-4-16-9/h1-5,11-12H,(H,13,14,15). The molecule has 0 bridgehead atoms. The quantitative estimate of drug-likeness (QED) is 0.563. The summed E-state index contributed by atoms with van der Waals surface area (Å²) < 4.78 is 37.1. The van der Waals surface area contributed by atoms with Gasteiger partial charge in [0.1, 0.15) is 12.0 Å². The lowest BCUT2D eigenvalue weighted by atomic mass is 10.1. The normalized spacial score (nSPS) is 11.4. The molecule has 0 unspecified atom stereocenters. The first-order valence-corrected chi connectivity index (χ1v) is 5.88. The molecule has 0 aliphatic heterocycles. The van der Waals surface area contributed by atoms with Crippen LogP contribution >= 0.6 is 0 Å². The van der Waals surface area contributed by atoms with Gasteiger partial charge in [-0.3, -0.25) is 9.27 Å². The van der Waals surface area contributed by atoms with E-state index in [2.05, 4.69) is 4.98 Å². The minimum atomic E-state index is -4.40. The molecule has 0 fully saturated rings. The van der Waals surface area contributed by atoms with E-state index >= 15 is 0 Å². The van der Waals surface area contributed by atoms with Crippen molar-refractivity contribution in [2.45, 2.75) is 0 Å². The Morgan fingerprint density at radius 3 is 2.71 bits per heavy atom. The Morgan fingerprint density at radius 2 is 2.12 bits per heavy atom. The maximum Gasteiger partial charge on any atom is 0.357 e. The van der Waals surface area contributed by atoms with Crippen LogP contribution in [0.2, 0.25) is 0 Å². The molecule has 3 N–H and O–H groups in total. The highest BCUT2D eigenvalue weighted by atomic mass is 32.2. The summed E-state index contributed by atoms with van der Waals surface area (Å²) in [5.74, 6) is 0.0335. The molecule has 1 aromatic carbocycles. The van der Waals surface area contributed by atoms with Gasteiger partial charge in [0, 0.05) is 0 Å². The van der Waals surface area contributed by atoms with E-state index < -0.39 is 10.3 Å². The van der Waals surface area contributed by atoms with Gasteiger partial charge in [-0.25, -0.2) is 4.98 Å². The van der Waals surface area contributed by atoms with Gasteiger partial charge in [-0.05, 0) is 18.2 Å². The molecule has 90 valence electrons. The van der Waals surface area contributed by atoms with Crippen molar-refractivity contribution in [1.29, 1.82) is 0 Å². The lowest BCUT2D eigenvalue weighted by Gasteiger charge is -2.07. The maximum absolute atomic E-state index is 10.7. The fourth-order valence-electron chi connectivity index (χ4n) is 1.29. The third-order valence-electron chi connectivity index (χ3n) is 1.90. The molecule has 0 aliphatic rings. The highest BCUT2D eigenvalue weighted by molar-refractivity contribution is 7.87. The number of aromatic nitrogens is 1. The lowest BCUT2D eigenvalue weighted by Crippen LogP contribution is -2.11. The summed E-state index contributed by atoms with van der Waals surface area (Å²) in [6, 6.07) is 3.81. The zero-order chi connectivity index (χ0) is 12.5. The monoisotopic (exact) mass is 256 g/mol. The Bertz CT molecular complexity index is 621. The Morgan fingerprint density at radius 1 is 1.35 bits per heavy atom. The highest BCUT2D eigenvalue weighted by Gasteiger charge is 2.14. The van der Waals surface area contributed by atoms with Crippen molar-refractivity contribution < 1.29 is 22.5 Å². The second kappa shape index (κ2) is 4.07. The smallest absolute Gasteiger partial charge is 0.357 e. The molecule has 17 heavy (non-hydrogen) atoms. The Balaban J connectivity index is 2.53. The Kier molecular flexibility index (Phi) is 2.74. The molecular formula is C9H8N2O5S. The van der Waals surface area contributed by atoms with Crippen molar-refractivity contribution in [2.75, 3.05) is 4.72 Å². The van der Waals surface area contributed by atoms with Gasteiger partial charge in [0.05, 0.1) is 17.4 Å². The predicted molar refractivity (Wildman–Crippen MR) is 58.8 cm³/mol. The van der Waals surface area contributed by atoms with Gasteiger partial charge >= 0.3 is 10.3 Å². The number of nitrogens with one attached hydrogen (secondary N) is 1. The molecular weight excluding hydrogens is 248 g/mol. The van der Waals surface area contributed by atoms with Crippen LogP contribution in [-0.4, -0.2) is 23.1 Å². The van der Waals surface area contributed by atoms with Crippen LogP contribution in [0.4, 0.5) is 5.69 Å². The van der Waals surface area contributed by atoms with E-state index in [9.17, 15) is 13.5 Å². The highest BCUT2D eigenvalue weighted by Crippen LogP contribution is 2.30. The second-order valence-corrected chi connectivity index (χ2v) is 4.30. The Labute approximate surface area is 96.6 Å². The van der Waals surface area contributed by atoms with Gasteiger partial charge in [0.15, 0.2) is 0 Å². The van der Waals surface area contributed by atoms with Gasteiger partial charge in [-0.15, -0.1) is 0 Å². The average molecular weight is 256 g/mol. The van der Waals surface area contributed by atoms with Crippen LogP contribution in [0.15, 0.2) is 35.1 Å². The van der Waals surface area contributed by atoms with Crippen LogP contribution in [0, 0.1) is 0 Å². The summed E-state index contributed by atoms with van der Waals surface area (Å²) in [7, 11) is -4.40. The third-order valence-corrected chi connectivity index (χ3v) is 2.38. The topological polar surface area (TPSA) is 113 Å². The number of benzene rings is 1. The molecule has 7 nitrogen and oxygen atoms in total. The molecule has 0 saturated carbocycles. The lowest BCUT2D eigenvalue weighted by molar-refractivity contribution is 0.474. The van der Waals surface area contributed by atoms with Crippen molar-refractivity contribution in [3.8, 4) is 17.2 Å². The number of nitrogens with zero attached hydrogens (tertiary/aromatic N) is 1. The summed E-state index contributed by atoms with van der Waals surface area (Å²) in [5.41, 5.74) is 0.264. The molecule has 2 aromatic rings. The molecule has 1 heterocycles. The Hall–Kier alpha value is -2.06. The van der Waals surface area contributed by atoms with E-state index in [4.69, 9.17) is 8.97 Å². The minimum absolute atomic E-state index is 0.0488. The van der Waals surface area contributed by atoms with Crippen LogP contribution < -0.4 is 4.72 Å². The summed E-state index contributed by atoms with van der Waals surface area (Å²) in [5, 5.41) is 9.33. The number of anilines is 1. The minimum Gasteiger partial charge on any atom is -0.508 e.